The van der Waals surface area contributed by atoms with Gasteiger partial charge in [0.1, 0.15) is 0 Å². The number of nitrogens with zero attached hydrogens (tertiary/aromatic N) is 1. The first-order chi connectivity index (χ1) is 9.69. The van der Waals surface area contributed by atoms with Crippen molar-refractivity contribution in [2.45, 2.75) is 13.0 Å². The van der Waals surface area contributed by atoms with Crippen LogP contribution in [0.3, 0.4) is 0 Å². The maximum Gasteiger partial charge on any atom is 0.337 e. The molecule has 5 nitrogen and oxygen atoms in total. The van der Waals surface area contributed by atoms with Crippen LogP contribution in [0.5, 0.6) is 0 Å². The molecule has 0 aliphatic heterocycles. The van der Waals surface area contributed by atoms with Gasteiger partial charge in [0.15, 0.2) is 0 Å². The van der Waals surface area contributed by atoms with Crippen LogP contribution >= 0.6 is 11.3 Å². The molecule has 0 aromatic carbocycles. The fourth-order valence-electron chi connectivity index (χ4n) is 1.64. The first-order valence-corrected chi connectivity index (χ1v) is 6.89. The predicted molar refractivity (Wildman–Crippen MR) is 75.4 cm³/mol. The topological polar surface area (TPSA) is 68.3 Å². The van der Waals surface area contributed by atoms with Gasteiger partial charge in [0, 0.05) is 11.1 Å². The normalized spacial score (nSPS) is 10.1. The van der Waals surface area contributed by atoms with Crippen LogP contribution in [0.15, 0.2) is 35.8 Å². The van der Waals surface area contributed by atoms with Gasteiger partial charge in [0.25, 0.3) is 0 Å². The third kappa shape index (κ3) is 3.89. The van der Waals surface area contributed by atoms with Crippen molar-refractivity contribution in [2.24, 2.45) is 0 Å². The van der Waals surface area contributed by atoms with Crippen LogP contribution in [-0.4, -0.2) is 24.0 Å². The number of aromatic nitrogens is 1. The average molecular weight is 290 g/mol. The number of carbonyl (C=O) groups is 2. The van der Waals surface area contributed by atoms with E-state index in [4.69, 9.17) is 0 Å². The highest BCUT2D eigenvalue weighted by atomic mass is 32.1. The number of amides is 1. The largest absolute Gasteiger partial charge is 0.465 e. The lowest BCUT2D eigenvalue weighted by Gasteiger charge is -2.05. The van der Waals surface area contributed by atoms with Gasteiger partial charge >= 0.3 is 5.97 Å². The highest BCUT2D eigenvalue weighted by Crippen LogP contribution is 2.09. The fraction of sp³-hybridized carbons (Fsp3) is 0.214. The van der Waals surface area contributed by atoms with Crippen molar-refractivity contribution >= 4 is 23.2 Å². The summed E-state index contributed by atoms with van der Waals surface area (Å²) >= 11 is 1.54. The van der Waals surface area contributed by atoms with Crippen LogP contribution in [0, 0.1) is 0 Å². The van der Waals surface area contributed by atoms with Crippen molar-refractivity contribution in [1.82, 2.24) is 10.3 Å². The van der Waals surface area contributed by atoms with Crippen LogP contribution in [-0.2, 0) is 22.5 Å². The maximum absolute atomic E-state index is 11.7. The lowest BCUT2D eigenvalue weighted by atomic mass is 10.2. The molecular weight excluding hydrogens is 276 g/mol. The summed E-state index contributed by atoms with van der Waals surface area (Å²) in [4.78, 5) is 28.2. The molecule has 2 heterocycles. The van der Waals surface area contributed by atoms with Gasteiger partial charge < -0.3 is 10.1 Å². The Balaban J connectivity index is 1.90. The number of pyridine rings is 1. The van der Waals surface area contributed by atoms with Crippen molar-refractivity contribution in [2.75, 3.05) is 7.11 Å². The molecule has 2 aromatic heterocycles. The fourth-order valence-corrected chi connectivity index (χ4v) is 2.35. The molecule has 0 saturated carbocycles. The van der Waals surface area contributed by atoms with E-state index in [2.05, 4.69) is 15.0 Å². The van der Waals surface area contributed by atoms with E-state index in [0.717, 1.165) is 4.88 Å². The summed E-state index contributed by atoms with van der Waals surface area (Å²) in [6, 6.07) is 7.01. The molecule has 2 rings (SSSR count). The molecule has 0 fully saturated rings. The van der Waals surface area contributed by atoms with Crippen molar-refractivity contribution < 1.29 is 14.3 Å². The Hall–Kier alpha value is -2.21. The molecule has 0 radical (unpaired) electrons. The molecule has 0 spiro atoms. The summed E-state index contributed by atoms with van der Waals surface area (Å²) in [6.45, 7) is 0.287. The minimum Gasteiger partial charge on any atom is -0.465 e. The molecule has 0 bridgehead atoms. The van der Waals surface area contributed by atoms with Crippen molar-refractivity contribution in [1.29, 1.82) is 0 Å². The monoisotopic (exact) mass is 290 g/mol. The molecule has 1 amide bonds. The van der Waals surface area contributed by atoms with Gasteiger partial charge in [-0.1, -0.05) is 6.07 Å². The van der Waals surface area contributed by atoms with E-state index in [0.29, 0.717) is 17.7 Å². The Labute approximate surface area is 120 Å². The Bertz CT molecular complexity index is 596. The van der Waals surface area contributed by atoms with Gasteiger partial charge in [-0.15, -0.1) is 11.3 Å². The van der Waals surface area contributed by atoms with Crippen LogP contribution in [0.1, 0.15) is 20.9 Å². The summed E-state index contributed by atoms with van der Waals surface area (Å²) in [5.74, 6) is -0.490. The second-order valence-corrected chi connectivity index (χ2v) is 5.09. The number of methoxy groups -OCH3 is 1. The maximum atomic E-state index is 11.7. The molecule has 0 saturated heterocycles. The van der Waals surface area contributed by atoms with Gasteiger partial charge in [-0.3, -0.25) is 9.78 Å². The first kappa shape index (κ1) is 14.2. The summed E-state index contributed by atoms with van der Waals surface area (Å²) in [5.41, 5.74) is 1.04. The van der Waals surface area contributed by atoms with E-state index >= 15 is 0 Å². The minimum absolute atomic E-state index is 0.0716. The zero-order valence-corrected chi connectivity index (χ0v) is 11.8. The average Bonchev–Trinajstić information content (AvgIpc) is 2.97. The smallest absolute Gasteiger partial charge is 0.337 e. The molecule has 1 N–H and O–H groups in total. The Morgan fingerprint density at radius 1 is 1.40 bits per heavy atom. The van der Waals surface area contributed by atoms with Crippen molar-refractivity contribution in [3.05, 3.63) is 52.0 Å². The molecule has 2 aromatic rings. The second-order valence-electron chi connectivity index (χ2n) is 4.06. The third-order valence-corrected chi connectivity index (χ3v) is 3.50. The summed E-state index contributed by atoms with van der Waals surface area (Å²) < 4.78 is 4.63. The highest BCUT2D eigenvalue weighted by molar-refractivity contribution is 7.10. The number of hydrogen-bond acceptors (Lipinski definition) is 5. The minimum atomic E-state index is -0.418. The molecule has 0 unspecified atom stereocenters. The number of thiophene rings is 1. The van der Waals surface area contributed by atoms with Gasteiger partial charge in [-0.05, 0) is 23.6 Å². The lowest BCUT2D eigenvalue weighted by molar-refractivity contribution is -0.120. The van der Waals surface area contributed by atoms with Crippen LogP contribution in [0.25, 0.3) is 0 Å². The summed E-state index contributed by atoms with van der Waals surface area (Å²) in [7, 11) is 1.32. The molecule has 6 heteroatoms. The van der Waals surface area contributed by atoms with E-state index in [1.807, 2.05) is 17.5 Å². The van der Waals surface area contributed by atoms with Gasteiger partial charge in [-0.25, -0.2) is 4.79 Å². The highest BCUT2D eigenvalue weighted by Gasteiger charge is 2.08. The van der Waals surface area contributed by atoms with Crippen molar-refractivity contribution in [3.8, 4) is 0 Å². The van der Waals surface area contributed by atoms with Crippen molar-refractivity contribution in [3.63, 3.8) is 0 Å². The van der Waals surface area contributed by atoms with E-state index in [9.17, 15) is 9.59 Å². The molecule has 20 heavy (non-hydrogen) atoms. The number of ether oxygens (including phenoxy) is 1. The van der Waals surface area contributed by atoms with Crippen LogP contribution < -0.4 is 5.32 Å². The zero-order chi connectivity index (χ0) is 14.4. The standard InChI is InChI=1S/C14H14N2O3S/c1-19-14(18)10-4-5-15-11(7-10)9-16-13(17)8-12-3-2-6-20-12/h2-7H,8-9H2,1H3,(H,16,17). The quantitative estimate of drug-likeness (QED) is 0.852. The van der Waals surface area contributed by atoms with Crippen LogP contribution in [0.4, 0.5) is 0 Å². The van der Waals surface area contributed by atoms with Gasteiger partial charge in [0.05, 0.1) is 31.3 Å². The molecule has 0 atom stereocenters. The molecule has 0 aliphatic rings. The van der Waals surface area contributed by atoms with E-state index in [-0.39, 0.29) is 12.5 Å². The van der Waals surface area contributed by atoms with E-state index < -0.39 is 5.97 Å². The number of nitrogens with one attached hydrogen (secondary N) is 1. The zero-order valence-electron chi connectivity index (χ0n) is 11.0. The Morgan fingerprint density at radius 3 is 2.95 bits per heavy atom. The summed E-state index contributed by atoms with van der Waals surface area (Å²) in [5, 5.41) is 4.71. The number of rotatable bonds is 5. The van der Waals surface area contributed by atoms with Crippen LogP contribution in [0.2, 0.25) is 0 Å². The number of esters is 1. The van der Waals surface area contributed by atoms with Gasteiger partial charge in [0.2, 0.25) is 5.91 Å². The van der Waals surface area contributed by atoms with E-state index in [1.165, 1.54) is 13.3 Å². The first-order valence-electron chi connectivity index (χ1n) is 6.01. The van der Waals surface area contributed by atoms with Gasteiger partial charge in [-0.2, -0.15) is 0 Å². The molecule has 0 aliphatic carbocycles. The SMILES string of the molecule is COC(=O)c1ccnc(CNC(=O)Cc2cccs2)c1. The second kappa shape index (κ2) is 6.81. The molecule has 104 valence electrons. The third-order valence-electron chi connectivity index (χ3n) is 2.62. The predicted octanol–water partition coefficient (Wildman–Crippen LogP) is 1.79. The lowest BCUT2D eigenvalue weighted by Crippen LogP contribution is -2.24. The summed E-state index contributed by atoms with van der Waals surface area (Å²) in [6.07, 6.45) is 1.88. The molecular formula is C14H14N2O3S. The van der Waals surface area contributed by atoms with E-state index in [1.54, 1.807) is 23.5 Å². The number of hydrogen-bond donors (Lipinski definition) is 1. The Kier molecular flexibility index (Phi) is 4.84. The Morgan fingerprint density at radius 2 is 2.25 bits per heavy atom. The number of carbonyl (C=O) groups excluding carboxylic acids is 2.